The van der Waals surface area contributed by atoms with Gasteiger partial charge in [-0.05, 0) is 42.0 Å². The summed E-state index contributed by atoms with van der Waals surface area (Å²) >= 11 is 7.39. The summed E-state index contributed by atoms with van der Waals surface area (Å²) in [5, 5.41) is 12.2. The number of ketones is 1. The quantitative estimate of drug-likeness (QED) is 0.230. The topological polar surface area (TPSA) is 89.0 Å². The highest BCUT2D eigenvalue weighted by Gasteiger charge is 2.48. The van der Waals surface area contributed by atoms with E-state index in [1.807, 2.05) is 30.3 Å². The van der Waals surface area contributed by atoms with E-state index in [1.165, 1.54) is 16.2 Å². The molecule has 1 fully saturated rings. The van der Waals surface area contributed by atoms with Crippen molar-refractivity contribution in [2.45, 2.75) is 6.04 Å². The van der Waals surface area contributed by atoms with Crippen molar-refractivity contribution >= 4 is 55.7 Å². The van der Waals surface area contributed by atoms with Gasteiger partial charge in [-0.3, -0.25) is 14.5 Å². The number of halogens is 1. The molecule has 6 rings (SSSR count). The van der Waals surface area contributed by atoms with Crippen LogP contribution >= 0.6 is 22.9 Å². The number of hydrogen-bond donors (Lipinski definition) is 1. The van der Waals surface area contributed by atoms with Crippen molar-refractivity contribution in [3.8, 4) is 11.5 Å². The molecule has 0 bridgehead atoms. The van der Waals surface area contributed by atoms with Crippen molar-refractivity contribution in [1.82, 2.24) is 4.98 Å². The summed E-state index contributed by atoms with van der Waals surface area (Å²) in [5.41, 5.74) is 1.66. The summed E-state index contributed by atoms with van der Waals surface area (Å²) in [6.45, 7) is 0.818. The molecule has 1 N–H and O–H groups in total. The maximum atomic E-state index is 13.3. The second-order valence-electron chi connectivity index (χ2n) is 8.05. The third-order valence-electron chi connectivity index (χ3n) is 5.92. The molecule has 1 aromatic heterocycles. The molecule has 3 aromatic carbocycles. The smallest absolute Gasteiger partial charge is 0.301 e. The van der Waals surface area contributed by atoms with Crippen LogP contribution in [0.4, 0.5) is 5.13 Å². The highest BCUT2D eigenvalue weighted by molar-refractivity contribution is 7.22. The Kier molecular flexibility index (Phi) is 5.20. The minimum absolute atomic E-state index is 0.0184. The number of benzene rings is 3. The van der Waals surface area contributed by atoms with Crippen LogP contribution in [0.2, 0.25) is 5.02 Å². The van der Waals surface area contributed by atoms with Gasteiger partial charge in [-0.25, -0.2) is 4.98 Å². The zero-order chi connectivity index (χ0) is 24.1. The summed E-state index contributed by atoms with van der Waals surface area (Å²) < 4.78 is 12.0. The van der Waals surface area contributed by atoms with Crippen molar-refractivity contribution in [2.75, 3.05) is 18.1 Å². The SMILES string of the molecule is O=C1C(=O)N(c2nc3ccc(Cl)cc3s2)[C@@H](c2ccccc2)C1=C(O)c1ccc2c(c1)OCCO2. The Balaban J connectivity index is 1.53. The molecule has 0 spiro atoms. The molecule has 4 aromatic rings. The molecule has 35 heavy (non-hydrogen) atoms. The average Bonchev–Trinajstić information content (AvgIpc) is 3.41. The van der Waals surface area contributed by atoms with Crippen LogP contribution in [0.5, 0.6) is 11.5 Å². The molecule has 1 atom stereocenters. The third kappa shape index (κ3) is 3.62. The van der Waals surface area contributed by atoms with Crippen LogP contribution < -0.4 is 14.4 Å². The van der Waals surface area contributed by atoms with E-state index in [-0.39, 0.29) is 11.3 Å². The highest BCUT2D eigenvalue weighted by Crippen LogP contribution is 2.45. The first kappa shape index (κ1) is 21.6. The van der Waals surface area contributed by atoms with Crippen molar-refractivity contribution in [3.63, 3.8) is 0 Å². The normalized spacial score (nSPS) is 18.9. The van der Waals surface area contributed by atoms with Crippen LogP contribution in [-0.2, 0) is 9.59 Å². The van der Waals surface area contributed by atoms with Gasteiger partial charge in [-0.15, -0.1) is 0 Å². The number of aromatic nitrogens is 1. The van der Waals surface area contributed by atoms with Gasteiger partial charge in [0.2, 0.25) is 0 Å². The summed E-state index contributed by atoms with van der Waals surface area (Å²) in [6, 6.07) is 18.4. The first-order valence-electron chi connectivity index (χ1n) is 10.8. The van der Waals surface area contributed by atoms with Crippen LogP contribution in [-0.4, -0.2) is 35.0 Å². The average molecular weight is 505 g/mol. The highest BCUT2D eigenvalue weighted by atomic mass is 35.5. The van der Waals surface area contributed by atoms with E-state index in [0.29, 0.717) is 51.5 Å². The Hall–Kier alpha value is -3.88. The number of carbonyl (C=O) groups excluding carboxylic acids is 2. The summed E-state index contributed by atoms with van der Waals surface area (Å²) in [4.78, 5) is 32.6. The van der Waals surface area contributed by atoms with E-state index in [2.05, 4.69) is 4.98 Å². The summed E-state index contributed by atoms with van der Waals surface area (Å²) in [5.74, 6) is -0.817. The Bertz CT molecular complexity index is 1530. The first-order chi connectivity index (χ1) is 17.0. The molecule has 1 amide bonds. The van der Waals surface area contributed by atoms with Crippen LogP contribution in [0.3, 0.4) is 0 Å². The van der Waals surface area contributed by atoms with Gasteiger partial charge in [-0.2, -0.15) is 0 Å². The number of fused-ring (bicyclic) bond motifs is 2. The predicted octanol–water partition coefficient (Wildman–Crippen LogP) is 5.35. The molecule has 0 aliphatic carbocycles. The van der Waals surface area contributed by atoms with Crippen molar-refractivity contribution in [3.05, 3.63) is 88.5 Å². The van der Waals surface area contributed by atoms with Crippen molar-refractivity contribution in [2.24, 2.45) is 0 Å². The number of nitrogens with zero attached hydrogens (tertiary/aromatic N) is 2. The second kappa shape index (κ2) is 8.41. The molecule has 0 saturated carbocycles. The minimum Gasteiger partial charge on any atom is -0.507 e. The Morgan fingerprint density at radius 2 is 1.77 bits per heavy atom. The lowest BCUT2D eigenvalue weighted by Gasteiger charge is -2.23. The first-order valence-corrected chi connectivity index (χ1v) is 12.0. The fourth-order valence-electron chi connectivity index (χ4n) is 4.32. The fraction of sp³-hybridized carbons (Fsp3) is 0.115. The Morgan fingerprint density at radius 1 is 1.00 bits per heavy atom. The summed E-state index contributed by atoms with van der Waals surface area (Å²) in [7, 11) is 0. The largest absolute Gasteiger partial charge is 0.507 e. The van der Waals surface area contributed by atoms with Gasteiger partial charge in [0, 0.05) is 10.6 Å². The van der Waals surface area contributed by atoms with Gasteiger partial charge in [0.25, 0.3) is 5.78 Å². The molecule has 0 unspecified atom stereocenters. The lowest BCUT2D eigenvalue weighted by molar-refractivity contribution is -0.132. The number of amides is 1. The predicted molar refractivity (Wildman–Crippen MR) is 133 cm³/mol. The minimum atomic E-state index is -0.861. The number of aliphatic hydroxyl groups is 1. The number of rotatable bonds is 3. The van der Waals surface area contributed by atoms with Gasteiger partial charge < -0.3 is 14.6 Å². The maximum Gasteiger partial charge on any atom is 0.301 e. The van der Waals surface area contributed by atoms with Crippen LogP contribution in [0, 0.1) is 0 Å². The Labute approximate surface area is 208 Å². The molecular weight excluding hydrogens is 488 g/mol. The standard InChI is InChI=1S/C26H17ClN2O5S/c27-16-7-8-17-20(13-16)35-26(28-17)29-22(14-4-2-1-3-5-14)21(24(31)25(29)32)23(30)15-6-9-18-19(12-15)34-11-10-33-18/h1-9,12-13,22,30H,10-11H2/t22-/m0/s1. The number of ether oxygens (including phenoxy) is 2. The second-order valence-corrected chi connectivity index (χ2v) is 9.49. The summed E-state index contributed by atoms with van der Waals surface area (Å²) in [6.07, 6.45) is 0. The van der Waals surface area contributed by atoms with E-state index in [0.717, 1.165) is 4.70 Å². The van der Waals surface area contributed by atoms with Gasteiger partial charge >= 0.3 is 5.91 Å². The lowest BCUT2D eigenvalue weighted by atomic mass is 9.95. The van der Waals surface area contributed by atoms with E-state index in [4.69, 9.17) is 21.1 Å². The fourth-order valence-corrected chi connectivity index (χ4v) is 5.58. The van der Waals surface area contributed by atoms with E-state index in [9.17, 15) is 14.7 Å². The molecule has 2 aliphatic rings. The number of hydrogen-bond acceptors (Lipinski definition) is 7. The lowest BCUT2D eigenvalue weighted by Crippen LogP contribution is -2.29. The zero-order valence-electron chi connectivity index (χ0n) is 18.1. The van der Waals surface area contributed by atoms with Crippen LogP contribution in [0.25, 0.3) is 16.0 Å². The number of anilines is 1. The van der Waals surface area contributed by atoms with Gasteiger partial charge in [0.1, 0.15) is 19.0 Å². The Morgan fingerprint density at radius 3 is 2.57 bits per heavy atom. The van der Waals surface area contributed by atoms with Crippen molar-refractivity contribution < 1.29 is 24.2 Å². The van der Waals surface area contributed by atoms with E-state index < -0.39 is 17.7 Å². The van der Waals surface area contributed by atoms with Gasteiger partial charge in [-0.1, -0.05) is 53.3 Å². The number of Topliss-reactive ketones (excluding diaryl/α,β-unsaturated/α-hetero) is 1. The molecule has 3 heterocycles. The molecule has 1 saturated heterocycles. The molecular formula is C26H17ClN2O5S. The van der Waals surface area contributed by atoms with E-state index in [1.54, 1.807) is 36.4 Å². The number of carbonyl (C=O) groups is 2. The maximum absolute atomic E-state index is 13.3. The molecule has 9 heteroatoms. The van der Waals surface area contributed by atoms with Crippen LogP contribution in [0.1, 0.15) is 17.2 Å². The third-order valence-corrected chi connectivity index (χ3v) is 7.17. The zero-order valence-corrected chi connectivity index (χ0v) is 19.7. The molecule has 7 nitrogen and oxygen atoms in total. The van der Waals surface area contributed by atoms with Gasteiger partial charge in [0.05, 0.1) is 21.8 Å². The number of aliphatic hydroxyl groups excluding tert-OH is 1. The molecule has 2 aliphatic heterocycles. The molecule has 0 radical (unpaired) electrons. The van der Waals surface area contributed by atoms with Crippen LogP contribution in [0.15, 0.2) is 72.3 Å². The van der Waals surface area contributed by atoms with E-state index >= 15 is 0 Å². The molecule has 174 valence electrons. The van der Waals surface area contributed by atoms with Gasteiger partial charge in [0.15, 0.2) is 16.6 Å². The van der Waals surface area contributed by atoms with Crippen molar-refractivity contribution in [1.29, 1.82) is 0 Å². The monoisotopic (exact) mass is 504 g/mol. The number of thiazole rings is 1.